The van der Waals surface area contributed by atoms with E-state index in [4.69, 9.17) is 14.2 Å². The van der Waals surface area contributed by atoms with E-state index in [1.165, 1.54) is 161 Å². The molecular weight excluding hydrogens is 793 g/mol. The monoisotopic (exact) mass is 895 g/mol. The molecule has 64 heavy (non-hydrogen) atoms. The molecule has 0 aliphatic rings. The molecule has 6 nitrogen and oxygen atoms in total. The molecule has 0 aliphatic heterocycles. The highest BCUT2D eigenvalue weighted by Gasteiger charge is 2.19. The first-order valence-corrected chi connectivity index (χ1v) is 27.3. The Morgan fingerprint density at radius 3 is 0.969 bits per heavy atom. The smallest absolute Gasteiger partial charge is 0.306 e. The summed E-state index contributed by atoms with van der Waals surface area (Å²) in [5, 5.41) is 0. The number of ether oxygens (including phenoxy) is 3. The Bertz CT molecular complexity index is 1170. The van der Waals surface area contributed by atoms with Crippen molar-refractivity contribution in [1.82, 2.24) is 0 Å². The van der Waals surface area contributed by atoms with Crippen LogP contribution in [0.15, 0.2) is 60.8 Å². The van der Waals surface area contributed by atoms with E-state index in [9.17, 15) is 14.4 Å². The van der Waals surface area contributed by atoms with Crippen molar-refractivity contribution in [3.05, 3.63) is 60.8 Å². The first-order chi connectivity index (χ1) is 31.5. The summed E-state index contributed by atoms with van der Waals surface area (Å²) in [5.74, 6) is -0.970. The van der Waals surface area contributed by atoms with Crippen molar-refractivity contribution >= 4 is 17.9 Å². The molecule has 0 saturated carbocycles. The minimum absolute atomic E-state index is 0.0932. The van der Waals surface area contributed by atoms with Crippen LogP contribution in [0.5, 0.6) is 0 Å². The van der Waals surface area contributed by atoms with Crippen molar-refractivity contribution in [3.63, 3.8) is 0 Å². The van der Waals surface area contributed by atoms with Gasteiger partial charge in [-0.1, -0.05) is 255 Å². The van der Waals surface area contributed by atoms with E-state index in [1.54, 1.807) is 0 Å². The van der Waals surface area contributed by atoms with Crippen molar-refractivity contribution in [2.75, 3.05) is 13.2 Å². The van der Waals surface area contributed by atoms with Gasteiger partial charge >= 0.3 is 17.9 Å². The van der Waals surface area contributed by atoms with E-state index in [2.05, 4.69) is 75.5 Å². The van der Waals surface area contributed by atoms with Gasteiger partial charge in [-0.15, -0.1) is 0 Å². The number of rotatable bonds is 49. The summed E-state index contributed by atoms with van der Waals surface area (Å²) in [5.41, 5.74) is 0. The number of hydrogen-bond donors (Lipinski definition) is 0. The second kappa shape index (κ2) is 52.7. The van der Waals surface area contributed by atoms with Gasteiger partial charge in [0.1, 0.15) is 13.2 Å². The highest BCUT2D eigenvalue weighted by atomic mass is 16.6. The Morgan fingerprint density at radius 2 is 0.594 bits per heavy atom. The van der Waals surface area contributed by atoms with Gasteiger partial charge in [0.2, 0.25) is 0 Å². The van der Waals surface area contributed by atoms with E-state index in [0.717, 1.165) is 64.2 Å². The maximum absolute atomic E-state index is 12.8. The predicted octanol–water partition coefficient (Wildman–Crippen LogP) is 18.0. The van der Waals surface area contributed by atoms with E-state index in [0.29, 0.717) is 19.3 Å². The molecular formula is C58H102O6. The van der Waals surface area contributed by atoms with Gasteiger partial charge in [-0.3, -0.25) is 14.4 Å². The minimum atomic E-state index is -0.799. The van der Waals surface area contributed by atoms with Crippen molar-refractivity contribution < 1.29 is 28.6 Å². The molecule has 0 saturated heterocycles. The Kier molecular flexibility index (Phi) is 50.4. The number of hydrogen-bond acceptors (Lipinski definition) is 6. The Hall–Kier alpha value is -2.89. The van der Waals surface area contributed by atoms with E-state index in [1.807, 2.05) is 6.08 Å². The first-order valence-electron chi connectivity index (χ1n) is 27.3. The van der Waals surface area contributed by atoms with E-state index >= 15 is 0 Å². The molecule has 370 valence electrons. The lowest BCUT2D eigenvalue weighted by molar-refractivity contribution is -0.166. The molecule has 0 aromatic heterocycles. The average molecular weight is 895 g/mol. The van der Waals surface area contributed by atoms with Gasteiger partial charge in [-0.25, -0.2) is 0 Å². The van der Waals surface area contributed by atoms with E-state index < -0.39 is 6.10 Å². The van der Waals surface area contributed by atoms with Gasteiger partial charge in [0.25, 0.3) is 0 Å². The maximum Gasteiger partial charge on any atom is 0.306 e. The number of allylic oxidation sites excluding steroid dienone is 10. The zero-order valence-corrected chi connectivity index (χ0v) is 42.3. The Balaban J connectivity index is 4.44. The summed E-state index contributed by atoms with van der Waals surface area (Å²) in [6.07, 6.45) is 65.0. The fourth-order valence-corrected chi connectivity index (χ4v) is 7.66. The zero-order chi connectivity index (χ0) is 46.5. The predicted molar refractivity (Wildman–Crippen MR) is 275 cm³/mol. The second-order valence-corrected chi connectivity index (χ2v) is 18.2. The summed E-state index contributed by atoms with van der Waals surface area (Å²) in [4.78, 5) is 38.0. The summed E-state index contributed by atoms with van der Waals surface area (Å²) in [6.45, 7) is 6.56. The fraction of sp³-hybridized carbons (Fsp3) is 0.776. The Morgan fingerprint density at radius 1 is 0.312 bits per heavy atom. The van der Waals surface area contributed by atoms with Gasteiger partial charge in [0.05, 0.1) is 0 Å². The van der Waals surface area contributed by atoms with Gasteiger partial charge in [0, 0.05) is 19.3 Å². The largest absolute Gasteiger partial charge is 0.462 e. The van der Waals surface area contributed by atoms with Crippen molar-refractivity contribution in [3.8, 4) is 0 Å². The second-order valence-electron chi connectivity index (χ2n) is 18.2. The normalized spacial score (nSPS) is 12.5. The van der Waals surface area contributed by atoms with Crippen LogP contribution in [0, 0.1) is 0 Å². The maximum atomic E-state index is 12.8. The number of esters is 3. The molecule has 0 bridgehead atoms. The molecule has 0 radical (unpaired) electrons. The first kappa shape index (κ1) is 61.1. The molecule has 0 fully saturated rings. The Labute approximate surface area is 396 Å². The highest BCUT2D eigenvalue weighted by molar-refractivity contribution is 5.71. The summed E-state index contributed by atoms with van der Waals surface area (Å²) in [6, 6.07) is 0. The van der Waals surface area contributed by atoms with Crippen LogP contribution < -0.4 is 0 Å². The third kappa shape index (κ3) is 50.1. The third-order valence-electron chi connectivity index (χ3n) is 11.8. The van der Waals surface area contributed by atoms with Crippen LogP contribution in [-0.4, -0.2) is 37.2 Å². The minimum Gasteiger partial charge on any atom is -0.462 e. The van der Waals surface area contributed by atoms with E-state index in [-0.39, 0.29) is 37.5 Å². The van der Waals surface area contributed by atoms with Crippen molar-refractivity contribution in [2.45, 2.75) is 277 Å². The standard InChI is InChI=1S/C58H102O6/c1-4-7-10-13-16-19-22-25-27-28-29-30-32-34-37-39-42-45-48-51-57(60)63-54-55(64-58(61)52-49-46-43-40-35-24-21-18-15-12-9-6-3)53-62-56(59)50-47-44-41-38-36-33-31-26-23-20-17-14-11-8-5-2/h16,19,25,27,29-30,34,37,42,45,55H,4-15,17-18,20-24,26,28,31-33,35-36,38-41,43-44,46-54H2,1-3H3/b19-16-,27-25-,30-29-,37-34-,45-42-/t55-/m0/s1. The summed E-state index contributed by atoms with van der Waals surface area (Å²) in [7, 11) is 0. The molecule has 0 spiro atoms. The summed E-state index contributed by atoms with van der Waals surface area (Å²) < 4.78 is 16.8. The molecule has 0 aromatic rings. The van der Waals surface area contributed by atoms with Gasteiger partial charge in [-0.2, -0.15) is 0 Å². The molecule has 0 aliphatic carbocycles. The number of carbonyl (C=O) groups is 3. The topological polar surface area (TPSA) is 78.9 Å². The van der Waals surface area contributed by atoms with Gasteiger partial charge in [-0.05, 0) is 57.8 Å². The lowest BCUT2D eigenvalue weighted by Gasteiger charge is -2.18. The molecule has 0 N–H and O–H groups in total. The highest BCUT2D eigenvalue weighted by Crippen LogP contribution is 2.16. The van der Waals surface area contributed by atoms with Crippen LogP contribution in [-0.2, 0) is 28.6 Å². The van der Waals surface area contributed by atoms with Crippen molar-refractivity contribution in [2.24, 2.45) is 0 Å². The fourth-order valence-electron chi connectivity index (χ4n) is 7.66. The van der Waals surface area contributed by atoms with Crippen LogP contribution in [0.1, 0.15) is 271 Å². The zero-order valence-electron chi connectivity index (χ0n) is 42.3. The average Bonchev–Trinajstić information content (AvgIpc) is 3.29. The van der Waals surface area contributed by atoms with Crippen LogP contribution in [0.25, 0.3) is 0 Å². The quantitative estimate of drug-likeness (QED) is 0.0262. The van der Waals surface area contributed by atoms with Crippen LogP contribution in [0.2, 0.25) is 0 Å². The lowest BCUT2D eigenvalue weighted by atomic mass is 10.0. The number of carbonyl (C=O) groups excluding carboxylic acids is 3. The molecule has 0 heterocycles. The molecule has 0 amide bonds. The van der Waals surface area contributed by atoms with Crippen LogP contribution in [0.3, 0.4) is 0 Å². The van der Waals surface area contributed by atoms with Crippen LogP contribution >= 0.6 is 0 Å². The third-order valence-corrected chi connectivity index (χ3v) is 11.8. The molecule has 1 atom stereocenters. The molecule has 6 heteroatoms. The number of unbranched alkanes of at least 4 members (excludes halogenated alkanes) is 28. The van der Waals surface area contributed by atoms with Crippen molar-refractivity contribution in [1.29, 1.82) is 0 Å². The summed E-state index contributed by atoms with van der Waals surface area (Å²) >= 11 is 0. The molecule has 0 unspecified atom stereocenters. The van der Waals surface area contributed by atoms with Gasteiger partial charge in [0.15, 0.2) is 6.10 Å². The molecule has 0 aromatic carbocycles. The lowest BCUT2D eigenvalue weighted by Crippen LogP contribution is -2.30. The SMILES string of the molecule is CCCCC/C=C\C/C=C\C/C=C\C/C=C\C/C=C\CCC(=O)OC[C@H](COC(=O)CCCCCCCCCCCCCCCCC)OC(=O)CCCCCCCCCCCCCC. The van der Waals surface area contributed by atoms with Gasteiger partial charge < -0.3 is 14.2 Å². The van der Waals surface area contributed by atoms with Crippen LogP contribution in [0.4, 0.5) is 0 Å². The molecule has 0 rings (SSSR count).